The third-order valence-electron chi connectivity index (χ3n) is 5.46. The Hall–Kier alpha value is -2.45. The molecular weight excluding hydrogens is 404 g/mol. The molecule has 8 heteroatoms. The number of unbranched alkanes of at least 4 members (excludes halogenated alkanes) is 1. The number of aryl methyl sites for hydroxylation is 2. The van der Waals surface area contributed by atoms with Gasteiger partial charge in [0.25, 0.3) is 11.8 Å². The van der Waals surface area contributed by atoms with Gasteiger partial charge in [-0.2, -0.15) is 0 Å². The molecule has 2 aromatic heterocycles. The molecule has 1 aliphatic heterocycles. The van der Waals surface area contributed by atoms with Crippen molar-refractivity contribution in [2.75, 3.05) is 18.0 Å². The van der Waals surface area contributed by atoms with E-state index in [0.29, 0.717) is 28.6 Å². The standard InChI is InChI=1S/C21H20N4O2S2/c22-17-16-14-8-5-9-15(14)29-18(16)24-21(23-17)28-11-4-3-10-25-19(26)12-6-1-2-7-13(12)20(25)27/h1-2,6-7H,3-5,8-11H2,(H2,22,23,24). The van der Waals surface area contributed by atoms with Gasteiger partial charge in [0.2, 0.25) is 0 Å². The smallest absolute Gasteiger partial charge is 0.261 e. The van der Waals surface area contributed by atoms with Crippen LogP contribution in [0, 0.1) is 0 Å². The summed E-state index contributed by atoms with van der Waals surface area (Å²) in [6.07, 6.45) is 5.01. The van der Waals surface area contributed by atoms with Crippen molar-refractivity contribution < 1.29 is 9.59 Å². The summed E-state index contributed by atoms with van der Waals surface area (Å²) in [4.78, 5) is 37.7. The van der Waals surface area contributed by atoms with Crippen molar-refractivity contribution in [3.63, 3.8) is 0 Å². The van der Waals surface area contributed by atoms with Crippen LogP contribution in [0.25, 0.3) is 10.2 Å². The first-order chi connectivity index (χ1) is 14.1. The quantitative estimate of drug-likeness (QED) is 0.279. The Labute approximate surface area is 176 Å². The van der Waals surface area contributed by atoms with Crippen LogP contribution < -0.4 is 5.73 Å². The molecule has 6 nitrogen and oxygen atoms in total. The molecule has 0 saturated heterocycles. The number of hydrogen-bond acceptors (Lipinski definition) is 7. The van der Waals surface area contributed by atoms with Crippen LogP contribution in [0.15, 0.2) is 29.4 Å². The van der Waals surface area contributed by atoms with Gasteiger partial charge in [0.05, 0.1) is 16.5 Å². The summed E-state index contributed by atoms with van der Waals surface area (Å²) in [5.74, 6) is 1.03. The number of nitrogens with zero attached hydrogens (tertiary/aromatic N) is 3. The Morgan fingerprint density at radius 3 is 2.59 bits per heavy atom. The number of nitrogens with two attached hydrogens (primary N) is 1. The number of carbonyl (C=O) groups excluding carboxylic acids is 2. The average molecular weight is 425 g/mol. The number of amides is 2. The lowest BCUT2D eigenvalue weighted by Gasteiger charge is -2.13. The summed E-state index contributed by atoms with van der Waals surface area (Å²) in [7, 11) is 0. The minimum absolute atomic E-state index is 0.189. The molecule has 1 aromatic carbocycles. The normalized spacial score (nSPS) is 15.4. The molecule has 29 heavy (non-hydrogen) atoms. The van der Waals surface area contributed by atoms with Crippen LogP contribution in [0.4, 0.5) is 5.82 Å². The molecule has 1 aliphatic carbocycles. The molecule has 2 N–H and O–H groups in total. The van der Waals surface area contributed by atoms with Gasteiger partial charge in [-0.05, 0) is 49.8 Å². The molecule has 0 spiro atoms. The van der Waals surface area contributed by atoms with Gasteiger partial charge in [-0.25, -0.2) is 9.97 Å². The van der Waals surface area contributed by atoms with Gasteiger partial charge >= 0.3 is 0 Å². The maximum absolute atomic E-state index is 12.4. The molecule has 0 unspecified atom stereocenters. The number of nitrogen functional groups attached to an aromatic ring is 1. The minimum Gasteiger partial charge on any atom is -0.383 e. The highest BCUT2D eigenvalue weighted by Crippen LogP contribution is 2.39. The lowest BCUT2D eigenvalue weighted by Crippen LogP contribution is -2.30. The van der Waals surface area contributed by atoms with Crippen LogP contribution in [0.1, 0.15) is 50.4 Å². The summed E-state index contributed by atoms with van der Waals surface area (Å²) in [6.45, 7) is 0.437. The van der Waals surface area contributed by atoms with E-state index in [-0.39, 0.29) is 11.8 Å². The number of fused-ring (bicyclic) bond motifs is 4. The summed E-state index contributed by atoms with van der Waals surface area (Å²) in [5, 5.41) is 1.76. The third kappa shape index (κ3) is 3.20. The van der Waals surface area contributed by atoms with Gasteiger partial charge in [-0.15, -0.1) is 11.3 Å². The number of thioether (sulfide) groups is 1. The van der Waals surface area contributed by atoms with Crippen molar-refractivity contribution in [1.29, 1.82) is 0 Å². The molecular formula is C21H20N4O2S2. The third-order valence-corrected chi connectivity index (χ3v) is 7.58. The van der Waals surface area contributed by atoms with Gasteiger partial charge in [0, 0.05) is 17.2 Å². The molecule has 2 aliphatic rings. The van der Waals surface area contributed by atoms with E-state index in [0.717, 1.165) is 41.7 Å². The van der Waals surface area contributed by atoms with Crippen LogP contribution in [0.3, 0.4) is 0 Å². The first kappa shape index (κ1) is 18.6. The number of carbonyl (C=O) groups is 2. The van der Waals surface area contributed by atoms with E-state index in [1.165, 1.54) is 21.8 Å². The van der Waals surface area contributed by atoms with Crippen molar-refractivity contribution in [1.82, 2.24) is 14.9 Å². The number of rotatable bonds is 6. The maximum Gasteiger partial charge on any atom is 0.261 e. The van der Waals surface area contributed by atoms with Crippen molar-refractivity contribution in [2.24, 2.45) is 0 Å². The molecule has 0 atom stereocenters. The lowest BCUT2D eigenvalue weighted by molar-refractivity contribution is 0.0652. The van der Waals surface area contributed by atoms with E-state index in [1.807, 2.05) is 0 Å². The van der Waals surface area contributed by atoms with Crippen molar-refractivity contribution >= 4 is 50.9 Å². The van der Waals surface area contributed by atoms with Gasteiger partial charge < -0.3 is 5.73 Å². The summed E-state index contributed by atoms with van der Waals surface area (Å²) in [5.41, 5.74) is 8.58. The number of benzene rings is 1. The predicted octanol–water partition coefficient (Wildman–Crippen LogP) is 3.93. The summed E-state index contributed by atoms with van der Waals surface area (Å²) >= 11 is 3.32. The fourth-order valence-electron chi connectivity index (χ4n) is 4.05. The fourth-order valence-corrected chi connectivity index (χ4v) is 6.22. The zero-order valence-electron chi connectivity index (χ0n) is 15.8. The highest BCUT2D eigenvalue weighted by molar-refractivity contribution is 7.99. The number of anilines is 1. The average Bonchev–Trinajstić information content (AvgIpc) is 3.36. The lowest BCUT2D eigenvalue weighted by atomic mass is 10.1. The predicted molar refractivity (Wildman–Crippen MR) is 116 cm³/mol. The monoisotopic (exact) mass is 424 g/mol. The number of hydrogen-bond donors (Lipinski definition) is 1. The van der Waals surface area contributed by atoms with E-state index < -0.39 is 0 Å². The van der Waals surface area contributed by atoms with Crippen molar-refractivity contribution in [3.05, 3.63) is 45.8 Å². The van der Waals surface area contributed by atoms with E-state index in [2.05, 4.69) is 4.98 Å². The Kier molecular flexibility index (Phi) is 4.75. The maximum atomic E-state index is 12.4. The highest BCUT2D eigenvalue weighted by Gasteiger charge is 2.34. The van der Waals surface area contributed by atoms with E-state index in [4.69, 9.17) is 10.7 Å². The second-order valence-corrected chi connectivity index (χ2v) is 9.44. The Balaban J connectivity index is 1.17. The molecule has 0 radical (unpaired) electrons. The first-order valence-corrected chi connectivity index (χ1v) is 11.6. The second kappa shape index (κ2) is 7.42. The molecule has 0 fully saturated rings. The van der Waals surface area contributed by atoms with Gasteiger partial charge in [0.1, 0.15) is 10.6 Å². The summed E-state index contributed by atoms with van der Waals surface area (Å²) in [6, 6.07) is 7.00. The van der Waals surface area contributed by atoms with Crippen molar-refractivity contribution in [3.8, 4) is 0 Å². The molecule has 148 valence electrons. The van der Waals surface area contributed by atoms with Crippen LogP contribution in [-0.4, -0.2) is 39.0 Å². The molecule has 3 heterocycles. The zero-order chi connectivity index (χ0) is 20.0. The van der Waals surface area contributed by atoms with Crippen LogP contribution in [-0.2, 0) is 12.8 Å². The molecule has 3 aromatic rings. The molecule has 5 rings (SSSR count). The van der Waals surface area contributed by atoms with E-state index >= 15 is 0 Å². The van der Waals surface area contributed by atoms with Crippen LogP contribution >= 0.6 is 23.1 Å². The number of imide groups is 1. The molecule has 0 saturated carbocycles. The Morgan fingerprint density at radius 2 is 1.83 bits per heavy atom. The van der Waals surface area contributed by atoms with Gasteiger partial charge in [-0.1, -0.05) is 23.9 Å². The SMILES string of the molecule is Nc1nc(SCCCCN2C(=O)c3ccccc3C2=O)nc2sc3c(c12)CCC3. The largest absolute Gasteiger partial charge is 0.383 e. The topological polar surface area (TPSA) is 89.2 Å². The van der Waals surface area contributed by atoms with Crippen LogP contribution in [0.5, 0.6) is 0 Å². The van der Waals surface area contributed by atoms with Gasteiger partial charge in [-0.3, -0.25) is 14.5 Å². The second-order valence-electron chi connectivity index (χ2n) is 7.29. The van der Waals surface area contributed by atoms with E-state index in [9.17, 15) is 9.59 Å². The summed E-state index contributed by atoms with van der Waals surface area (Å²) < 4.78 is 0. The Bertz CT molecular complexity index is 1110. The zero-order valence-corrected chi connectivity index (χ0v) is 17.4. The van der Waals surface area contributed by atoms with Crippen LogP contribution in [0.2, 0.25) is 0 Å². The highest BCUT2D eigenvalue weighted by atomic mass is 32.2. The first-order valence-electron chi connectivity index (χ1n) is 9.79. The number of thiophene rings is 1. The van der Waals surface area contributed by atoms with Crippen molar-refractivity contribution in [2.45, 2.75) is 37.3 Å². The Morgan fingerprint density at radius 1 is 1.07 bits per heavy atom. The van der Waals surface area contributed by atoms with Gasteiger partial charge in [0.15, 0.2) is 5.16 Å². The molecule has 0 bridgehead atoms. The molecule has 2 amide bonds. The minimum atomic E-state index is -0.189. The number of aromatic nitrogens is 2. The fraction of sp³-hybridized carbons (Fsp3) is 0.333. The van der Waals surface area contributed by atoms with E-state index in [1.54, 1.807) is 47.4 Å².